The molecule has 3 fully saturated rings. The zero-order valence-corrected chi connectivity index (χ0v) is 22.0. The van der Waals surface area contributed by atoms with Gasteiger partial charge in [-0.05, 0) is 63.7 Å². The Kier molecular flexibility index (Phi) is 6.78. The SMILES string of the molecule is CN1CCCC1.COc1nc2c(c(N3CC4CCC(C3)N4)n1)CCN(c1cc(O)cc3ccccc13)C2. The lowest BCUT2D eigenvalue weighted by molar-refractivity contribution is 0.374. The molecule has 3 saturated heterocycles. The van der Waals surface area contributed by atoms with E-state index in [2.05, 4.69) is 33.1 Å². The van der Waals surface area contributed by atoms with E-state index in [0.717, 1.165) is 54.0 Å². The standard InChI is InChI=1S/C24H27N5O2.C5H11N/c1-31-24-26-21-14-28(22-11-18(30)10-15-4-2-3-5-19(15)22)9-8-20(21)23(27-24)29-12-16-6-7-17(13-29)25-16;1-6-4-2-3-5-6/h2-5,10-11,16-17,25,30H,6-9,12-14H2,1H3;2-5H2,1H3. The first-order valence-corrected chi connectivity index (χ1v) is 13.7. The van der Waals surface area contributed by atoms with E-state index in [4.69, 9.17) is 14.7 Å². The summed E-state index contributed by atoms with van der Waals surface area (Å²) in [7, 11) is 3.81. The molecule has 37 heavy (non-hydrogen) atoms. The van der Waals surface area contributed by atoms with Crippen LogP contribution in [-0.2, 0) is 13.0 Å². The number of aromatic nitrogens is 2. The number of anilines is 2. The maximum Gasteiger partial charge on any atom is 0.318 e. The predicted molar refractivity (Wildman–Crippen MR) is 148 cm³/mol. The van der Waals surface area contributed by atoms with Crippen LogP contribution in [0.4, 0.5) is 11.5 Å². The van der Waals surface area contributed by atoms with Gasteiger partial charge in [0.2, 0.25) is 0 Å². The van der Waals surface area contributed by atoms with Gasteiger partial charge in [-0.25, -0.2) is 0 Å². The molecule has 2 N–H and O–H groups in total. The zero-order valence-electron chi connectivity index (χ0n) is 22.0. The number of benzene rings is 2. The molecule has 196 valence electrons. The number of ether oxygens (including phenoxy) is 1. The van der Waals surface area contributed by atoms with Crippen molar-refractivity contribution in [3.63, 3.8) is 0 Å². The number of hydrogen-bond donors (Lipinski definition) is 2. The normalized spacial score (nSPS) is 23.1. The minimum absolute atomic E-state index is 0.289. The predicted octanol–water partition coefficient (Wildman–Crippen LogP) is 3.56. The van der Waals surface area contributed by atoms with Crippen LogP contribution in [0.1, 0.15) is 36.9 Å². The summed E-state index contributed by atoms with van der Waals surface area (Å²) in [4.78, 5) is 16.6. The quantitative estimate of drug-likeness (QED) is 0.563. The molecule has 4 aliphatic rings. The number of hydrogen-bond acceptors (Lipinski definition) is 8. The highest BCUT2D eigenvalue weighted by Crippen LogP contribution is 2.37. The molecule has 5 heterocycles. The molecule has 4 aliphatic heterocycles. The Morgan fingerprint density at radius 2 is 1.73 bits per heavy atom. The van der Waals surface area contributed by atoms with Crippen LogP contribution < -0.4 is 19.9 Å². The summed E-state index contributed by atoms with van der Waals surface area (Å²) >= 11 is 0. The van der Waals surface area contributed by atoms with Crippen molar-refractivity contribution < 1.29 is 9.84 Å². The van der Waals surface area contributed by atoms with Crippen molar-refractivity contribution in [1.29, 1.82) is 0 Å². The van der Waals surface area contributed by atoms with Crippen LogP contribution in [-0.4, -0.2) is 78.9 Å². The van der Waals surface area contributed by atoms with E-state index < -0.39 is 0 Å². The van der Waals surface area contributed by atoms with E-state index >= 15 is 0 Å². The summed E-state index contributed by atoms with van der Waals surface area (Å²) in [6.45, 7) is 6.16. The molecule has 0 radical (unpaired) electrons. The minimum Gasteiger partial charge on any atom is -0.508 e. The van der Waals surface area contributed by atoms with Gasteiger partial charge in [0.15, 0.2) is 0 Å². The third-order valence-corrected chi connectivity index (χ3v) is 8.22. The van der Waals surface area contributed by atoms with Gasteiger partial charge in [-0.3, -0.25) is 0 Å². The monoisotopic (exact) mass is 502 g/mol. The van der Waals surface area contributed by atoms with Crippen molar-refractivity contribution in [3.8, 4) is 11.8 Å². The highest BCUT2D eigenvalue weighted by atomic mass is 16.5. The van der Waals surface area contributed by atoms with Gasteiger partial charge in [-0.1, -0.05) is 24.3 Å². The molecule has 0 amide bonds. The Hall–Kier alpha value is -3.10. The second-order valence-corrected chi connectivity index (χ2v) is 10.9. The number of nitrogens with zero attached hydrogens (tertiary/aromatic N) is 5. The van der Waals surface area contributed by atoms with E-state index in [1.165, 1.54) is 44.3 Å². The first kappa shape index (κ1) is 24.2. The average Bonchev–Trinajstić information content (AvgIpc) is 3.54. The Morgan fingerprint density at radius 1 is 0.973 bits per heavy atom. The molecule has 0 saturated carbocycles. The Balaban J connectivity index is 0.000000372. The number of piperazine rings is 1. The van der Waals surface area contributed by atoms with Crippen LogP contribution in [0.2, 0.25) is 0 Å². The van der Waals surface area contributed by atoms with Gasteiger partial charge in [-0.15, -0.1) is 0 Å². The third-order valence-electron chi connectivity index (χ3n) is 8.22. The molecule has 0 spiro atoms. The van der Waals surface area contributed by atoms with Crippen LogP contribution in [0, 0.1) is 0 Å². The Bertz CT molecular complexity index is 1250. The van der Waals surface area contributed by atoms with E-state index in [1.807, 2.05) is 30.3 Å². The number of fused-ring (bicyclic) bond motifs is 4. The van der Waals surface area contributed by atoms with Crippen LogP contribution in [0.25, 0.3) is 10.8 Å². The van der Waals surface area contributed by atoms with E-state index in [1.54, 1.807) is 7.11 Å². The number of methoxy groups -OCH3 is 1. The summed E-state index contributed by atoms with van der Waals surface area (Å²) in [5.41, 5.74) is 3.30. The molecule has 1 aromatic heterocycles. The molecule has 3 aromatic rings. The maximum absolute atomic E-state index is 10.3. The van der Waals surface area contributed by atoms with E-state index in [9.17, 15) is 5.11 Å². The molecule has 2 unspecified atom stereocenters. The summed E-state index contributed by atoms with van der Waals surface area (Å²) in [6.07, 6.45) is 6.18. The number of phenols is 1. The zero-order chi connectivity index (χ0) is 25.4. The molecule has 8 nitrogen and oxygen atoms in total. The van der Waals surface area contributed by atoms with Crippen molar-refractivity contribution >= 4 is 22.3 Å². The van der Waals surface area contributed by atoms with Gasteiger partial charge in [0.05, 0.1) is 19.3 Å². The van der Waals surface area contributed by atoms with Gasteiger partial charge in [0.25, 0.3) is 0 Å². The average molecular weight is 503 g/mol. The van der Waals surface area contributed by atoms with Crippen LogP contribution in [0.5, 0.6) is 11.8 Å². The molecule has 7 rings (SSSR count). The van der Waals surface area contributed by atoms with Gasteiger partial charge < -0.3 is 29.9 Å². The molecule has 0 aliphatic carbocycles. The molecular formula is C29H38N6O2. The molecule has 8 heteroatoms. The topological polar surface area (TPSA) is 77.0 Å². The Labute approximate surface area is 219 Å². The van der Waals surface area contributed by atoms with Crippen molar-refractivity contribution in [2.45, 2.75) is 50.7 Å². The number of rotatable bonds is 3. The molecule has 2 atom stereocenters. The van der Waals surface area contributed by atoms with Crippen molar-refractivity contribution in [2.24, 2.45) is 0 Å². The van der Waals surface area contributed by atoms with Crippen molar-refractivity contribution in [2.75, 3.05) is 56.7 Å². The second kappa shape index (κ2) is 10.3. The van der Waals surface area contributed by atoms with Crippen molar-refractivity contribution in [1.82, 2.24) is 20.2 Å². The van der Waals surface area contributed by atoms with Crippen molar-refractivity contribution in [3.05, 3.63) is 47.7 Å². The Morgan fingerprint density at radius 3 is 2.43 bits per heavy atom. The lowest BCUT2D eigenvalue weighted by atomic mass is 10.0. The van der Waals surface area contributed by atoms with Gasteiger partial charge in [-0.2, -0.15) is 9.97 Å². The fourth-order valence-electron chi connectivity index (χ4n) is 6.33. The lowest BCUT2D eigenvalue weighted by Gasteiger charge is -2.37. The number of likely N-dealkylation sites (tertiary alicyclic amines) is 1. The third kappa shape index (κ3) is 5.05. The fourth-order valence-corrected chi connectivity index (χ4v) is 6.33. The van der Waals surface area contributed by atoms with Crippen LogP contribution in [0.3, 0.4) is 0 Å². The summed E-state index contributed by atoms with van der Waals surface area (Å²) < 4.78 is 5.49. The van der Waals surface area contributed by atoms with Gasteiger partial charge in [0, 0.05) is 54.4 Å². The first-order valence-electron chi connectivity index (χ1n) is 13.7. The minimum atomic E-state index is 0.289. The van der Waals surface area contributed by atoms with Gasteiger partial charge >= 0.3 is 6.01 Å². The molecule has 2 aromatic carbocycles. The maximum atomic E-state index is 10.3. The van der Waals surface area contributed by atoms with Crippen LogP contribution in [0.15, 0.2) is 36.4 Å². The lowest BCUT2D eigenvalue weighted by Crippen LogP contribution is -2.52. The molecular weight excluding hydrogens is 464 g/mol. The molecule has 2 bridgehead atoms. The fraction of sp³-hybridized carbons (Fsp3) is 0.517. The highest BCUT2D eigenvalue weighted by Gasteiger charge is 2.35. The van der Waals surface area contributed by atoms with Gasteiger partial charge in [0.1, 0.15) is 11.6 Å². The smallest absolute Gasteiger partial charge is 0.318 e. The van der Waals surface area contributed by atoms with E-state index in [-0.39, 0.29) is 5.75 Å². The van der Waals surface area contributed by atoms with E-state index in [0.29, 0.717) is 24.6 Å². The number of nitrogens with one attached hydrogen (secondary N) is 1. The van der Waals surface area contributed by atoms with Crippen LogP contribution >= 0.6 is 0 Å². The second-order valence-electron chi connectivity index (χ2n) is 10.9. The largest absolute Gasteiger partial charge is 0.508 e. The summed E-state index contributed by atoms with van der Waals surface area (Å²) in [5.74, 6) is 1.33. The number of phenolic OH excluding ortho intramolecular Hbond substituents is 1. The summed E-state index contributed by atoms with van der Waals surface area (Å²) in [6, 6.07) is 13.4. The first-order chi connectivity index (χ1) is 18.1. The summed E-state index contributed by atoms with van der Waals surface area (Å²) in [5, 5.41) is 16.2. The number of aromatic hydroxyl groups is 1. The highest BCUT2D eigenvalue weighted by molar-refractivity contribution is 5.95.